The fourth-order valence-corrected chi connectivity index (χ4v) is 3.71. The summed E-state index contributed by atoms with van der Waals surface area (Å²) in [6.07, 6.45) is 5.87. The van der Waals surface area contributed by atoms with E-state index in [-0.39, 0.29) is 11.1 Å². The highest BCUT2D eigenvalue weighted by molar-refractivity contribution is 4.98. The second kappa shape index (κ2) is 5.68. The molecule has 3 unspecified atom stereocenters. The Hall–Kier alpha value is -0.160. The molecule has 2 heterocycles. The van der Waals surface area contributed by atoms with Crippen molar-refractivity contribution in [2.75, 3.05) is 13.2 Å². The fourth-order valence-electron chi connectivity index (χ4n) is 3.71. The highest BCUT2D eigenvalue weighted by Gasteiger charge is 2.42. The topological polar surface area (TPSA) is 50.5 Å². The van der Waals surface area contributed by atoms with Gasteiger partial charge in [-0.2, -0.15) is 0 Å². The molecule has 0 amide bonds. The van der Waals surface area contributed by atoms with E-state index in [9.17, 15) is 0 Å². The monoisotopic (exact) mass is 269 g/mol. The number of nitrogens with one attached hydrogen (secondary N) is 1. The lowest BCUT2D eigenvalue weighted by molar-refractivity contribution is -0.113. The molecule has 0 aromatic carbocycles. The summed E-state index contributed by atoms with van der Waals surface area (Å²) in [5.74, 6) is 0. The number of ether oxygens (including phenoxy) is 1. The molecule has 0 bridgehead atoms. The van der Waals surface area contributed by atoms with Gasteiger partial charge in [0.2, 0.25) is 0 Å². The van der Waals surface area contributed by atoms with E-state index in [4.69, 9.17) is 10.5 Å². The largest absolute Gasteiger partial charge is 0.375 e. The molecular weight excluding hydrogens is 238 g/mol. The molecule has 0 aromatic heterocycles. The van der Waals surface area contributed by atoms with Crippen LogP contribution in [0, 0.1) is 0 Å². The van der Waals surface area contributed by atoms with Gasteiger partial charge in [-0.05, 0) is 53.4 Å². The molecule has 0 spiro atoms. The molecule has 2 fully saturated rings. The zero-order valence-corrected chi connectivity index (χ0v) is 13.0. The molecule has 19 heavy (non-hydrogen) atoms. The molecule has 0 aromatic rings. The van der Waals surface area contributed by atoms with Gasteiger partial charge in [-0.1, -0.05) is 6.42 Å². The van der Waals surface area contributed by atoms with Crippen LogP contribution in [0.5, 0.6) is 0 Å². The maximum absolute atomic E-state index is 6.12. The lowest BCUT2D eigenvalue weighted by Gasteiger charge is -2.50. The number of hydrazine groups is 1. The Morgan fingerprint density at radius 1 is 1.26 bits per heavy atom. The van der Waals surface area contributed by atoms with Gasteiger partial charge in [-0.15, -0.1) is 0 Å². The van der Waals surface area contributed by atoms with Crippen LogP contribution in [0.4, 0.5) is 0 Å². The maximum atomic E-state index is 6.12. The molecule has 4 heteroatoms. The molecule has 3 atom stereocenters. The Balaban J connectivity index is 2.09. The predicted octanol–water partition coefficient (Wildman–Crippen LogP) is 2.04. The van der Waals surface area contributed by atoms with Gasteiger partial charge in [0.1, 0.15) is 0 Å². The van der Waals surface area contributed by atoms with Gasteiger partial charge in [0, 0.05) is 30.8 Å². The summed E-state index contributed by atoms with van der Waals surface area (Å²) >= 11 is 0. The molecule has 2 saturated heterocycles. The summed E-state index contributed by atoms with van der Waals surface area (Å²) in [6, 6.07) is 1.19. The third-order valence-electron chi connectivity index (χ3n) is 4.79. The van der Waals surface area contributed by atoms with Gasteiger partial charge in [-0.25, -0.2) is 10.4 Å². The van der Waals surface area contributed by atoms with Crippen molar-refractivity contribution in [3.8, 4) is 0 Å². The first kappa shape index (κ1) is 15.2. The summed E-state index contributed by atoms with van der Waals surface area (Å²) < 4.78 is 5.85. The highest BCUT2D eigenvalue weighted by Crippen LogP contribution is 2.33. The standard InChI is InChI=1S/C15H31N3O/c1-12-6-5-7-13(2)18(12)17-15(11-16)8-9-19-14(3,4)10-15/h12-13,17H,5-11,16H2,1-4H3. The van der Waals surface area contributed by atoms with Crippen molar-refractivity contribution >= 4 is 0 Å². The molecule has 2 aliphatic heterocycles. The summed E-state index contributed by atoms with van der Waals surface area (Å²) in [5.41, 5.74) is 9.85. The number of piperidine rings is 1. The van der Waals surface area contributed by atoms with Crippen molar-refractivity contribution in [3.63, 3.8) is 0 Å². The highest BCUT2D eigenvalue weighted by atomic mass is 16.5. The average molecular weight is 269 g/mol. The fraction of sp³-hybridized carbons (Fsp3) is 1.00. The van der Waals surface area contributed by atoms with Crippen molar-refractivity contribution in [2.45, 2.75) is 83.0 Å². The zero-order chi connectivity index (χ0) is 14.1. The lowest BCUT2D eigenvalue weighted by Crippen LogP contribution is -2.67. The van der Waals surface area contributed by atoms with Crippen molar-refractivity contribution in [2.24, 2.45) is 5.73 Å². The molecule has 0 saturated carbocycles. The van der Waals surface area contributed by atoms with Crippen molar-refractivity contribution in [3.05, 3.63) is 0 Å². The molecule has 112 valence electrons. The van der Waals surface area contributed by atoms with Crippen LogP contribution in [-0.2, 0) is 4.74 Å². The minimum Gasteiger partial charge on any atom is -0.375 e. The van der Waals surface area contributed by atoms with Crippen LogP contribution in [0.25, 0.3) is 0 Å². The van der Waals surface area contributed by atoms with Crippen LogP contribution in [0.15, 0.2) is 0 Å². The molecule has 2 aliphatic rings. The van der Waals surface area contributed by atoms with Crippen LogP contribution in [-0.4, -0.2) is 41.4 Å². The first-order valence-corrected chi connectivity index (χ1v) is 7.78. The van der Waals surface area contributed by atoms with Crippen LogP contribution >= 0.6 is 0 Å². The quantitative estimate of drug-likeness (QED) is 0.823. The summed E-state index contributed by atoms with van der Waals surface area (Å²) in [5, 5.41) is 2.46. The van der Waals surface area contributed by atoms with E-state index in [1.54, 1.807) is 0 Å². The van der Waals surface area contributed by atoms with Gasteiger partial charge in [0.25, 0.3) is 0 Å². The minimum absolute atomic E-state index is 0.00160. The summed E-state index contributed by atoms with van der Waals surface area (Å²) in [7, 11) is 0. The van der Waals surface area contributed by atoms with Gasteiger partial charge in [0.05, 0.1) is 5.60 Å². The third-order valence-corrected chi connectivity index (χ3v) is 4.79. The second-order valence-corrected chi connectivity index (χ2v) is 7.17. The van der Waals surface area contributed by atoms with Crippen molar-refractivity contribution in [1.82, 2.24) is 10.4 Å². The number of rotatable bonds is 3. The van der Waals surface area contributed by atoms with Crippen molar-refractivity contribution < 1.29 is 4.74 Å². The molecule has 0 aliphatic carbocycles. The summed E-state index contributed by atoms with van der Waals surface area (Å²) in [6.45, 7) is 10.4. The van der Waals surface area contributed by atoms with Gasteiger partial charge in [0.15, 0.2) is 0 Å². The lowest BCUT2D eigenvalue weighted by atomic mass is 9.81. The Morgan fingerprint density at radius 2 is 1.89 bits per heavy atom. The van der Waals surface area contributed by atoms with Crippen LogP contribution in [0.2, 0.25) is 0 Å². The van der Waals surface area contributed by atoms with Crippen LogP contribution < -0.4 is 11.2 Å². The Kier molecular flexibility index (Phi) is 4.56. The molecule has 4 nitrogen and oxygen atoms in total. The van der Waals surface area contributed by atoms with Crippen LogP contribution in [0.1, 0.15) is 59.8 Å². The Morgan fingerprint density at radius 3 is 2.42 bits per heavy atom. The van der Waals surface area contributed by atoms with E-state index in [2.05, 4.69) is 38.1 Å². The first-order chi connectivity index (χ1) is 8.87. The molecular formula is C15H31N3O. The predicted molar refractivity (Wildman–Crippen MR) is 78.8 cm³/mol. The van der Waals surface area contributed by atoms with Gasteiger partial charge >= 0.3 is 0 Å². The third kappa shape index (κ3) is 3.48. The Bertz CT molecular complexity index is 298. The number of nitrogens with two attached hydrogens (primary N) is 1. The van der Waals surface area contributed by atoms with E-state index in [1.165, 1.54) is 19.3 Å². The average Bonchev–Trinajstić information content (AvgIpc) is 2.33. The molecule has 0 radical (unpaired) electrons. The summed E-state index contributed by atoms with van der Waals surface area (Å²) in [4.78, 5) is 0. The van der Waals surface area contributed by atoms with E-state index >= 15 is 0 Å². The normalized spacial score (nSPS) is 40.3. The number of hydrogen-bond donors (Lipinski definition) is 2. The number of hydrogen-bond acceptors (Lipinski definition) is 4. The maximum Gasteiger partial charge on any atom is 0.0645 e. The number of nitrogens with zero attached hydrogens (tertiary/aromatic N) is 1. The van der Waals surface area contributed by atoms with Crippen molar-refractivity contribution in [1.29, 1.82) is 0 Å². The van der Waals surface area contributed by atoms with E-state index in [1.807, 2.05) is 0 Å². The zero-order valence-electron chi connectivity index (χ0n) is 13.0. The smallest absolute Gasteiger partial charge is 0.0645 e. The first-order valence-electron chi connectivity index (χ1n) is 7.78. The minimum atomic E-state index is -0.0765. The SMILES string of the molecule is CC1CCCC(C)N1NC1(CN)CCOC(C)(C)C1. The van der Waals surface area contributed by atoms with Crippen LogP contribution in [0.3, 0.4) is 0 Å². The Labute approximate surface area is 118 Å². The molecule has 2 rings (SSSR count). The van der Waals surface area contributed by atoms with Gasteiger partial charge < -0.3 is 10.5 Å². The van der Waals surface area contributed by atoms with E-state index < -0.39 is 0 Å². The van der Waals surface area contributed by atoms with E-state index in [0.717, 1.165) is 19.4 Å². The second-order valence-electron chi connectivity index (χ2n) is 7.17. The van der Waals surface area contributed by atoms with Gasteiger partial charge in [-0.3, -0.25) is 0 Å². The van der Waals surface area contributed by atoms with E-state index in [0.29, 0.717) is 18.6 Å². The molecule has 3 N–H and O–H groups in total.